The Kier molecular flexibility index (Phi) is 3.67. The minimum atomic E-state index is -3.14. The van der Waals surface area contributed by atoms with Crippen molar-refractivity contribution in [2.75, 3.05) is 6.61 Å². The molecule has 6 heteroatoms. The molecule has 1 aliphatic rings. The van der Waals surface area contributed by atoms with Crippen molar-refractivity contribution < 1.29 is 13.5 Å². The van der Waals surface area contributed by atoms with E-state index in [-0.39, 0.29) is 6.02 Å². The van der Waals surface area contributed by atoms with Crippen molar-refractivity contribution in [1.82, 2.24) is 5.32 Å². The van der Waals surface area contributed by atoms with E-state index in [4.69, 9.17) is 10.1 Å². The van der Waals surface area contributed by atoms with E-state index < -0.39 is 18.1 Å². The van der Waals surface area contributed by atoms with Crippen LogP contribution in [0.1, 0.15) is 25.0 Å². The highest BCUT2D eigenvalue weighted by Crippen LogP contribution is 2.43. The monoisotopic (exact) mass is 370 g/mol. The summed E-state index contributed by atoms with van der Waals surface area (Å²) in [5.74, 6) is 2.77. The fourth-order valence-corrected chi connectivity index (χ4v) is 4.32. The van der Waals surface area contributed by atoms with Crippen LogP contribution in [0.25, 0.3) is 20.2 Å². The zero-order chi connectivity index (χ0) is 18.5. The van der Waals surface area contributed by atoms with Crippen molar-refractivity contribution in [2.45, 2.75) is 25.3 Å². The Labute approximate surface area is 153 Å². The van der Waals surface area contributed by atoms with Crippen LogP contribution in [0.4, 0.5) is 8.78 Å². The Morgan fingerprint density at radius 3 is 2.58 bits per heavy atom. The number of alkyl halides is 2. The van der Waals surface area contributed by atoms with Gasteiger partial charge >= 0.3 is 5.92 Å². The quantitative estimate of drug-likeness (QED) is 0.603. The van der Waals surface area contributed by atoms with Crippen molar-refractivity contribution in [2.24, 2.45) is 0 Å². The average molecular weight is 370 g/mol. The summed E-state index contributed by atoms with van der Waals surface area (Å²) in [4.78, 5) is 0. The van der Waals surface area contributed by atoms with Gasteiger partial charge < -0.3 is 10.1 Å². The minimum absolute atomic E-state index is 0.339. The maximum Gasteiger partial charge on any atom is 0.307 e. The molecule has 4 rings (SSSR count). The van der Waals surface area contributed by atoms with E-state index in [1.54, 1.807) is 30.4 Å². The van der Waals surface area contributed by atoms with Gasteiger partial charge in [-0.15, -0.1) is 17.3 Å². The number of hydrogen-bond donors (Lipinski definition) is 2. The van der Waals surface area contributed by atoms with E-state index >= 15 is 0 Å². The van der Waals surface area contributed by atoms with Gasteiger partial charge in [0, 0.05) is 25.7 Å². The fraction of sp³-hybridized carbons (Fsp3) is 0.250. The SMILES string of the molecule is CC#Cc1ccc2sc3ccc([C@@]4(C)NC(=N)OCC4(F)F)cc3c2c1. The third-order valence-electron chi connectivity index (χ3n) is 4.81. The van der Waals surface area contributed by atoms with Crippen LogP contribution in [0, 0.1) is 17.3 Å². The molecule has 1 aromatic heterocycles. The van der Waals surface area contributed by atoms with E-state index in [2.05, 4.69) is 17.2 Å². The fourth-order valence-electron chi connectivity index (χ4n) is 3.26. The smallest absolute Gasteiger partial charge is 0.307 e. The number of hydrogen-bond acceptors (Lipinski definition) is 3. The van der Waals surface area contributed by atoms with Gasteiger partial charge in [0.1, 0.15) is 5.54 Å². The van der Waals surface area contributed by atoms with E-state index in [0.717, 1.165) is 25.7 Å². The molecule has 0 saturated carbocycles. The average Bonchev–Trinajstić information content (AvgIpc) is 2.96. The highest BCUT2D eigenvalue weighted by molar-refractivity contribution is 7.25. The van der Waals surface area contributed by atoms with Gasteiger partial charge in [0.25, 0.3) is 6.02 Å². The molecular formula is C20H16F2N2OS. The molecule has 3 nitrogen and oxygen atoms in total. The normalized spacial score (nSPS) is 21.8. The van der Waals surface area contributed by atoms with Crippen LogP contribution < -0.4 is 5.32 Å². The molecule has 132 valence electrons. The van der Waals surface area contributed by atoms with Gasteiger partial charge in [-0.2, -0.15) is 8.78 Å². The summed E-state index contributed by atoms with van der Waals surface area (Å²) in [6.07, 6.45) is 0. The first kappa shape index (κ1) is 16.8. The Bertz CT molecular complexity index is 1110. The first-order valence-corrected chi connectivity index (χ1v) is 8.93. The summed E-state index contributed by atoms with van der Waals surface area (Å²) >= 11 is 1.62. The molecule has 3 aromatic rings. The van der Waals surface area contributed by atoms with Crippen LogP contribution >= 0.6 is 11.3 Å². The Morgan fingerprint density at radius 2 is 1.85 bits per heavy atom. The number of nitrogens with one attached hydrogen (secondary N) is 2. The molecule has 1 atom stereocenters. The Morgan fingerprint density at radius 1 is 1.15 bits per heavy atom. The van der Waals surface area contributed by atoms with Crippen LogP contribution in [0.3, 0.4) is 0 Å². The molecule has 1 aliphatic heterocycles. The molecule has 26 heavy (non-hydrogen) atoms. The first-order chi connectivity index (χ1) is 12.3. The molecule has 2 aromatic carbocycles. The number of benzene rings is 2. The van der Waals surface area contributed by atoms with Crippen molar-refractivity contribution in [3.05, 3.63) is 47.5 Å². The van der Waals surface area contributed by atoms with Gasteiger partial charge in [-0.05, 0) is 49.7 Å². The summed E-state index contributed by atoms with van der Waals surface area (Å²) < 4.78 is 36.1. The molecule has 0 bridgehead atoms. The van der Waals surface area contributed by atoms with E-state index in [1.807, 2.05) is 24.3 Å². The minimum Gasteiger partial charge on any atom is -0.459 e. The lowest BCUT2D eigenvalue weighted by Gasteiger charge is -2.42. The number of halogens is 2. The number of fused-ring (bicyclic) bond motifs is 3. The van der Waals surface area contributed by atoms with Crippen LogP contribution in [0.15, 0.2) is 36.4 Å². The summed E-state index contributed by atoms with van der Waals surface area (Å²) in [6, 6.07) is 11.0. The van der Waals surface area contributed by atoms with Gasteiger partial charge in [0.05, 0.1) is 0 Å². The molecule has 0 unspecified atom stereocenters. The summed E-state index contributed by atoms with van der Waals surface area (Å²) in [6.45, 7) is 2.38. The highest BCUT2D eigenvalue weighted by Gasteiger charge is 2.55. The molecule has 2 N–H and O–H groups in total. The standard InChI is InChI=1S/C20H16F2N2OS/c1-3-4-12-5-7-16-14(9-12)15-10-13(6-8-17(15)26-16)19(2)20(21,22)11-25-18(23)24-19/h5-10H,11H2,1-2H3,(H2,23,24)/t19-/m1/s1. The van der Waals surface area contributed by atoms with E-state index in [9.17, 15) is 8.78 Å². The summed E-state index contributed by atoms with van der Waals surface area (Å²) in [5, 5.41) is 12.1. The van der Waals surface area contributed by atoms with Crippen molar-refractivity contribution in [3.8, 4) is 11.8 Å². The highest BCUT2D eigenvalue weighted by atomic mass is 32.1. The molecule has 2 heterocycles. The Hall–Kier alpha value is -2.65. The van der Waals surface area contributed by atoms with E-state index in [0.29, 0.717) is 5.56 Å². The maximum atomic E-state index is 14.6. The number of ether oxygens (including phenoxy) is 1. The summed E-state index contributed by atoms with van der Waals surface area (Å²) in [7, 11) is 0. The summed E-state index contributed by atoms with van der Waals surface area (Å²) in [5.41, 5.74) is -0.381. The van der Waals surface area contributed by atoms with Crippen LogP contribution in [0.2, 0.25) is 0 Å². The molecule has 1 saturated heterocycles. The lowest BCUT2D eigenvalue weighted by atomic mass is 9.84. The number of rotatable bonds is 1. The third-order valence-corrected chi connectivity index (χ3v) is 5.96. The molecule has 1 fully saturated rings. The van der Waals surface area contributed by atoms with Gasteiger partial charge in [-0.25, -0.2) is 0 Å². The second-order valence-electron chi connectivity index (χ2n) is 6.47. The van der Waals surface area contributed by atoms with Crippen molar-refractivity contribution in [1.29, 1.82) is 5.41 Å². The number of thiophene rings is 1. The predicted molar refractivity (Wildman–Crippen MR) is 101 cm³/mol. The molecular weight excluding hydrogens is 354 g/mol. The molecule has 0 radical (unpaired) electrons. The van der Waals surface area contributed by atoms with E-state index in [1.165, 1.54) is 6.92 Å². The van der Waals surface area contributed by atoms with Gasteiger partial charge in [0.15, 0.2) is 6.61 Å². The lowest BCUT2D eigenvalue weighted by molar-refractivity contribution is -0.133. The topological polar surface area (TPSA) is 45.1 Å². The second-order valence-corrected chi connectivity index (χ2v) is 7.55. The van der Waals surface area contributed by atoms with Gasteiger partial charge in [-0.3, -0.25) is 5.41 Å². The van der Waals surface area contributed by atoms with Crippen molar-refractivity contribution >= 4 is 37.5 Å². The second kappa shape index (κ2) is 5.68. The van der Waals surface area contributed by atoms with Crippen LogP contribution in [-0.4, -0.2) is 18.6 Å². The largest absolute Gasteiger partial charge is 0.459 e. The van der Waals surface area contributed by atoms with Gasteiger partial charge in [0.2, 0.25) is 0 Å². The van der Waals surface area contributed by atoms with Crippen LogP contribution in [0.5, 0.6) is 0 Å². The molecule has 0 aliphatic carbocycles. The third kappa shape index (κ3) is 2.43. The zero-order valence-electron chi connectivity index (χ0n) is 14.2. The maximum absolute atomic E-state index is 14.6. The molecule has 0 amide bonds. The lowest BCUT2D eigenvalue weighted by Crippen LogP contribution is -2.62. The van der Waals surface area contributed by atoms with Crippen LogP contribution in [-0.2, 0) is 10.3 Å². The number of amidine groups is 1. The predicted octanol–water partition coefficient (Wildman–Crippen LogP) is 4.83. The van der Waals surface area contributed by atoms with Crippen molar-refractivity contribution in [3.63, 3.8) is 0 Å². The zero-order valence-corrected chi connectivity index (χ0v) is 15.1. The first-order valence-electron chi connectivity index (χ1n) is 8.11. The molecule has 0 spiro atoms. The van der Waals surface area contributed by atoms with Gasteiger partial charge in [-0.1, -0.05) is 12.0 Å². The Balaban J connectivity index is 1.93.